The first-order valence-corrected chi connectivity index (χ1v) is 9.57. The van der Waals surface area contributed by atoms with Crippen LogP contribution in [0.3, 0.4) is 0 Å². The Bertz CT molecular complexity index is 1020. The second-order valence-electron chi connectivity index (χ2n) is 6.34. The molecule has 0 radical (unpaired) electrons. The van der Waals surface area contributed by atoms with E-state index < -0.39 is 17.9 Å². The van der Waals surface area contributed by atoms with E-state index in [-0.39, 0.29) is 5.52 Å². The average molecular weight is 481 g/mol. The van der Waals surface area contributed by atoms with E-state index in [1.165, 1.54) is 0 Å². The lowest BCUT2D eigenvalue weighted by Gasteiger charge is -2.22. The van der Waals surface area contributed by atoms with Gasteiger partial charge >= 0.3 is 0 Å². The van der Waals surface area contributed by atoms with Gasteiger partial charge in [0.05, 0.1) is 17.5 Å². The number of nitrogens with zero attached hydrogens (tertiary/aromatic N) is 2. The van der Waals surface area contributed by atoms with Crippen molar-refractivity contribution < 1.29 is 9.13 Å². The topological polar surface area (TPSA) is 88.9 Å². The highest BCUT2D eigenvalue weighted by molar-refractivity contribution is 14.1. The first-order valence-electron chi connectivity index (χ1n) is 8.49. The maximum absolute atomic E-state index is 15.4. The van der Waals surface area contributed by atoms with Crippen LogP contribution in [0, 0.1) is 21.7 Å². The molecule has 3 aromatic rings. The van der Waals surface area contributed by atoms with Gasteiger partial charge in [-0.3, -0.25) is 5.41 Å². The number of rotatable bonds is 5. The van der Waals surface area contributed by atoms with E-state index in [9.17, 15) is 0 Å². The van der Waals surface area contributed by atoms with E-state index in [1.807, 2.05) is 45.2 Å². The molecule has 1 atom stereocenters. The highest BCUT2D eigenvalue weighted by Crippen LogP contribution is 2.37. The summed E-state index contributed by atoms with van der Waals surface area (Å²) >= 11 is 2.24. The van der Waals surface area contributed by atoms with Crippen LogP contribution in [0.2, 0.25) is 0 Å². The predicted molar refractivity (Wildman–Crippen MR) is 114 cm³/mol. The predicted octanol–water partition coefficient (Wildman–Crippen LogP) is 4.73. The lowest BCUT2D eigenvalue weighted by atomic mass is 10.0. The zero-order valence-corrected chi connectivity index (χ0v) is 17.5. The van der Waals surface area contributed by atoms with E-state index >= 15 is 4.39 Å². The van der Waals surface area contributed by atoms with Gasteiger partial charge in [-0.05, 0) is 65.8 Å². The number of ether oxygens (including phenoxy) is 1. The summed E-state index contributed by atoms with van der Waals surface area (Å²) in [5, 5.41) is 10.7. The van der Waals surface area contributed by atoms with Crippen molar-refractivity contribution in [1.29, 1.82) is 5.41 Å². The number of hydrogen-bond acceptors (Lipinski definition) is 4. The molecular weight excluding hydrogens is 460 g/mol. The molecule has 6 nitrogen and oxygen atoms in total. The van der Waals surface area contributed by atoms with Crippen molar-refractivity contribution in [3.05, 3.63) is 51.1 Å². The van der Waals surface area contributed by atoms with Gasteiger partial charge in [0.1, 0.15) is 11.6 Å². The molecule has 0 saturated carbocycles. The monoisotopic (exact) mass is 481 g/mol. The third-order valence-electron chi connectivity index (χ3n) is 4.43. The second kappa shape index (κ2) is 7.71. The Morgan fingerprint density at radius 3 is 2.81 bits per heavy atom. The van der Waals surface area contributed by atoms with Crippen LogP contribution in [-0.4, -0.2) is 15.6 Å². The smallest absolute Gasteiger partial charge is 0.279 e. The lowest BCUT2D eigenvalue weighted by molar-refractivity contribution is 0.182. The van der Waals surface area contributed by atoms with Crippen molar-refractivity contribution >= 4 is 51.0 Å². The Hall–Kier alpha value is -2.36. The standard InChI is InChI=1S/C19H21FIN5O/c1-4-15(27-19(22)23)12-8-14-18(24-9-26(14)3)16(20)17(12)25-13-6-5-11(21)7-10(13)2/h5-9,15,25H,4H2,1-3H3,(H3,22,23). The van der Waals surface area contributed by atoms with Crippen LogP contribution < -0.4 is 11.1 Å². The molecule has 0 aliphatic carbocycles. The number of imidazole rings is 1. The molecule has 0 bridgehead atoms. The summed E-state index contributed by atoms with van der Waals surface area (Å²) in [6, 6.07) is 7.32. The largest absolute Gasteiger partial charge is 0.457 e. The van der Waals surface area contributed by atoms with Gasteiger partial charge in [-0.25, -0.2) is 9.37 Å². The summed E-state index contributed by atoms with van der Waals surface area (Å²) in [5.41, 5.74) is 9.05. The molecule has 0 saturated heterocycles. The van der Waals surface area contributed by atoms with Gasteiger partial charge < -0.3 is 20.4 Å². The number of nitrogens with two attached hydrogens (primary N) is 1. The molecule has 1 aromatic heterocycles. The first-order chi connectivity index (χ1) is 12.8. The maximum Gasteiger partial charge on any atom is 0.279 e. The quantitative estimate of drug-likeness (QED) is 0.279. The van der Waals surface area contributed by atoms with Crippen LogP contribution in [0.1, 0.15) is 30.6 Å². The van der Waals surface area contributed by atoms with Crippen molar-refractivity contribution in [2.45, 2.75) is 26.4 Å². The summed E-state index contributed by atoms with van der Waals surface area (Å²) in [4.78, 5) is 4.18. The molecule has 142 valence electrons. The van der Waals surface area contributed by atoms with Gasteiger partial charge in [-0.1, -0.05) is 6.92 Å². The van der Waals surface area contributed by atoms with Gasteiger partial charge in [-0.15, -0.1) is 0 Å². The zero-order valence-electron chi connectivity index (χ0n) is 15.3. The molecule has 1 unspecified atom stereocenters. The Morgan fingerprint density at radius 2 is 2.19 bits per heavy atom. The molecule has 3 rings (SSSR count). The first kappa shape index (κ1) is 19.4. The van der Waals surface area contributed by atoms with Gasteiger partial charge in [0.2, 0.25) is 0 Å². The second-order valence-corrected chi connectivity index (χ2v) is 7.59. The Labute approximate surface area is 170 Å². The van der Waals surface area contributed by atoms with Crippen LogP contribution in [0.5, 0.6) is 0 Å². The van der Waals surface area contributed by atoms with Crippen LogP contribution in [0.15, 0.2) is 30.6 Å². The minimum Gasteiger partial charge on any atom is -0.457 e. The maximum atomic E-state index is 15.4. The van der Waals surface area contributed by atoms with E-state index in [4.69, 9.17) is 15.9 Å². The Balaban J connectivity index is 2.20. The summed E-state index contributed by atoms with van der Waals surface area (Å²) in [6.45, 7) is 3.86. The molecule has 0 amide bonds. The number of nitrogens with one attached hydrogen (secondary N) is 2. The van der Waals surface area contributed by atoms with Crippen LogP contribution in [0.4, 0.5) is 15.8 Å². The third kappa shape index (κ3) is 3.85. The average Bonchev–Trinajstić information content (AvgIpc) is 2.98. The number of halogens is 2. The van der Waals surface area contributed by atoms with Crippen molar-refractivity contribution in [2.75, 3.05) is 5.32 Å². The van der Waals surface area contributed by atoms with Crippen molar-refractivity contribution in [1.82, 2.24) is 9.55 Å². The molecular formula is C19H21FIN5O. The molecule has 27 heavy (non-hydrogen) atoms. The number of benzene rings is 2. The van der Waals surface area contributed by atoms with Gasteiger partial charge in [0, 0.05) is 21.9 Å². The van der Waals surface area contributed by atoms with Gasteiger partial charge in [0.25, 0.3) is 6.02 Å². The van der Waals surface area contributed by atoms with Gasteiger partial charge in [-0.2, -0.15) is 0 Å². The van der Waals surface area contributed by atoms with E-state index in [1.54, 1.807) is 10.9 Å². The summed E-state index contributed by atoms with van der Waals surface area (Å²) in [7, 11) is 1.81. The van der Waals surface area contributed by atoms with Crippen molar-refractivity contribution in [3.63, 3.8) is 0 Å². The molecule has 8 heteroatoms. The number of fused-ring (bicyclic) bond motifs is 1. The SMILES string of the molecule is CCC(OC(=N)N)c1cc2c(ncn2C)c(F)c1Nc1ccc(I)cc1C. The number of anilines is 2. The molecule has 0 aliphatic heterocycles. The van der Waals surface area contributed by atoms with Crippen LogP contribution in [-0.2, 0) is 11.8 Å². The molecule has 1 heterocycles. The minimum absolute atomic E-state index is 0.282. The van der Waals surface area contributed by atoms with E-state index in [2.05, 4.69) is 32.9 Å². The molecule has 0 fully saturated rings. The molecule has 4 N–H and O–H groups in total. The highest BCUT2D eigenvalue weighted by Gasteiger charge is 2.24. The van der Waals surface area contributed by atoms with Crippen LogP contribution in [0.25, 0.3) is 11.0 Å². The highest BCUT2D eigenvalue weighted by atomic mass is 127. The Kier molecular flexibility index (Phi) is 5.54. The normalized spacial score (nSPS) is 12.2. The zero-order chi connectivity index (χ0) is 19.7. The Morgan fingerprint density at radius 1 is 1.44 bits per heavy atom. The number of aromatic nitrogens is 2. The fraction of sp³-hybridized carbons (Fsp3) is 0.263. The number of hydrogen-bond donors (Lipinski definition) is 3. The number of aryl methyl sites for hydroxylation is 2. The van der Waals surface area contributed by atoms with E-state index in [0.717, 1.165) is 14.8 Å². The third-order valence-corrected chi connectivity index (χ3v) is 5.10. The fourth-order valence-corrected chi connectivity index (χ4v) is 3.69. The van der Waals surface area contributed by atoms with E-state index in [0.29, 0.717) is 23.2 Å². The molecule has 0 spiro atoms. The summed E-state index contributed by atoms with van der Waals surface area (Å²) in [6.07, 6.45) is 1.55. The van der Waals surface area contributed by atoms with Gasteiger partial charge in [0.15, 0.2) is 5.82 Å². The van der Waals surface area contributed by atoms with Crippen molar-refractivity contribution in [2.24, 2.45) is 12.8 Å². The molecule has 0 aliphatic rings. The summed E-state index contributed by atoms with van der Waals surface area (Å²) < 4.78 is 23.7. The lowest BCUT2D eigenvalue weighted by Crippen LogP contribution is -2.19. The number of amidine groups is 1. The molecule has 2 aromatic carbocycles. The summed E-state index contributed by atoms with van der Waals surface area (Å²) in [5.74, 6) is -0.452. The fourth-order valence-electron chi connectivity index (χ4n) is 3.05. The minimum atomic E-state index is -0.553. The van der Waals surface area contributed by atoms with Crippen LogP contribution >= 0.6 is 22.6 Å². The van der Waals surface area contributed by atoms with Crippen molar-refractivity contribution in [3.8, 4) is 0 Å².